The van der Waals surface area contributed by atoms with E-state index in [9.17, 15) is 5.26 Å². The van der Waals surface area contributed by atoms with E-state index in [-0.39, 0.29) is 37.8 Å². The summed E-state index contributed by atoms with van der Waals surface area (Å²) in [5.74, 6) is 1.01. The summed E-state index contributed by atoms with van der Waals surface area (Å²) < 4.78 is 1.35. The van der Waals surface area contributed by atoms with Crippen LogP contribution in [0.25, 0.3) is 5.95 Å². The lowest BCUT2D eigenvalue weighted by Crippen LogP contribution is -2.13. The Bertz CT molecular complexity index is 1060. The van der Waals surface area contributed by atoms with Crippen LogP contribution >= 0.6 is 0 Å². The molecule has 0 radical (unpaired) electrons. The number of aliphatic hydroxyl groups is 2. The van der Waals surface area contributed by atoms with Crippen molar-refractivity contribution in [3.05, 3.63) is 35.9 Å². The van der Waals surface area contributed by atoms with Gasteiger partial charge in [-0.3, -0.25) is 0 Å². The molecule has 4 N–H and O–H groups in total. The number of nitrogens with zero attached hydrogens (tertiary/aromatic N) is 9. The molecular formula is C17H19N11O2. The van der Waals surface area contributed by atoms with Crippen LogP contribution in [0.5, 0.6) is 0 Å². The maximum absolute atomic E-state index is 9.54. The molecule has 0 aliphatic carbocycles. The van der Waals surface area contributed by atoms with Crippen LogP contribution in [0.15, 0.2) is 35.0 Å². The first-order valence-corrected chi connectivity index (χ1v) is 8.93. The summed E-state index contributed by atoms with van der Waals surface area (Å²) in [4.78, 5) is 16.6. The summed E-state index contributed by atoms with van der Waals surface area (Å²) >= 11 is 0. The standard InChI is InChI=1S/C17H19N11O2/c1-11-12(9-18)14(19-5-7-29)24-15(20-6-8-30)13(11)25-26-16-23-10-28(27-16)17-21-3-2-4-22-17/h2-4,10,29-30H,5-8H2,1H3,(H2,19,20,24). The molecule has 0 fully saturated rings. The van der Waals surface area contributed by atoms with Crippen LogP contribution in [0.4, 0.5) is 23.3 Å². The summed E-state index contributed by atoms with van der Waals surface area (Å²) in [5.41, 5.74) is 1.09. The van der Waals surface area contributed by atoms with E-state index in [0.29, 0.717) is 28.8 Å². The van der Waals surface area contributed by atoms with Crippen molar-refractivity contribution in [3.63, 3.8) is 0 Å². The van der Waals surface area contributed by atoms with Crippen LogP contribution in [0.1, 0.15) is 11.1 Å². The Morgan fingerprint density at radius 3 is 2.43 bits per heavy atom. The van der Waals surface area contributed by atoms with Crippen LogP contribution in [-0.2, 0) is 0 Å². The van der Waals surface area contributed by atoms with Gasteiger partial charge in [0, 0.05) is 31.0 Å². The second kappa shape index (κ2) is 9.96. The fraction of sp³-hybridized carbons (Fsp3) is 0.294. The van der Waals surface area contributed by atoms with E-state index < -0.39 is 0 Å². The SMILES string of the molecule is Cc1c(C#N)c(NCCO)nc(NCCO)c1N=Nc1ncn(-c2ncccn2)n1. The highest BCUT2D eigenvalue weighted by molar-refractivity contribution is 5.74. The van der Waals surface area contributed by atoms with E-state index in [1.54, 1.807) is 25.4 Å². The molecule has 30 heavy (non-hydrogen) atoms. The molecule has 3 aromatic rings. The molecule has 0 aliphatic heterocycles. The normalized spacial score (nSPS) is 10.9. The summed E-state index contributed by atoms with van der Waals surface area (Å²) in [6, 6.07) is 3.77. The van der Waals surface area contributed by atoms with Gasteiger partial charge in [0.05, 0.1) is 18.8 Å². The van der Waals surface area contributed by atoms with Gasteiger partial charge in [0.2, 0.25) is 0 Å². The predicted octanol–water partition coefficient (Wildman–Crippen LogP) is 0.856. The minimum absolute atomic E-state index is 0.0657. The molecule has 0 aromatic carbocycles. The monoisotopic (exact) mass is 409 g/mol. The minimum atomic E-state index is -0.125. The Labute approximate surface area is 171 Å². The Morgan fingerprint density at radius 2 is 1.77 bits per heavy atom. The Hall–Kier alpha value is -4.02. The van der Waals surface area contributed by atoms with Gasteiger partial charge in [-0.2, -0.15) is 14.9 Å². The van der Waals surface area contributed by atoms with Crippen LogP contribution < -0.4 is 10.6 Å². The zero-order chi connectivity index (χ0) is 21.3. The van der Waals surface area contributed by atoms with Crippen molar-refractivity contribution in [1.29, 1.82) is 5.26 Å². The van der Waals surface area contributed by atoms with E-state index in [0.717, 1.165) is 0 Å². The number of pyridine rings is 1. The van der Waals surface area contributed by atoms with Crippen molar-refractivity contribution in [2.75, 3.05) is 36.9 Å². The highest BCUT2D eigenvalue weighted by Gasteiger charge is 2.17. The van der Waals surface area contributed by atoms with Gasteiger partial charge in [-0.15, -0.1) is 15.3 Å². The first kappa shape index (κ1) is 20.7. The molecule has 0 aliphatic rings. The molecule has 154 valence electrons. The summed E-state index contributed by atoms with van der Waals surface area (Å²) in [7, 11) is 0. The molecule has 13 nitrogen and oxygen atoms in total. The van der Waals surface area contributed by atoms with Crippen molar-refractivity contribution in [3.8, 4) is 12.0 Å². The van der Waals surface area contributed by atoms with Gasteiger partial charge in [-0.05, 0) is 13.0 Å². The van der Waals surface area contributed by atoms with Gasteiger partial charge in [0.1, 0.15) is 23.9 Å². The van der Waals surface area contributed by atoms with Crippen molar-refractivity contribution in [1.82, 2.24) is 29.7 Å². The van der Waals surface area contributed by atoms with Crippen LogP contribution in [0.3, 0.4) is 0 Å². The molecule has 0 saturated heterocycles. The number of aromatic nitrogens is 6. The van der Waals surface area contributed by atoms with E-state index in [1.165, 1.54) is 11.0 Å². The number of nitriles is 1. The van der Waals surface area contributed by atoms with E-state index in [1.807, 2.05) is 0 Å². The molecule has 0 amide bonds. The predicted molar refractivity (Wildman–Crippen MR) is 106 cm³/mol. The lowest BCUT2D eigenvalue weighted by Gasteiger charge is -2.14. The number of nitrogens with one attached hydrogen (secondary N) is 2. The number of anilines is 2. The summed E-state index contributed by atoms with van der Waals surface area (Å²) in [5, 5.41) is 45.9. The van der Waals surface area contributed by atoms with Gasteiger partial charge in [0.15, 0.2) is 5.82 Å². The Kier molecular flexibility index (Phi) is 6.87. The van der Waals surface area contributed by atoms with E-state index >= 15 is 0 Å². The van der Waals surface area contributed by atoms with Crippen molar-refractivity contribution < 1.29 is 10.2 Å². The zero-order valence-corrected chi connectivity index (χ0v) is 16.1. The average Bonchev–Trinajstić information content (AvgIpc) is 3.25. The molecule has 3 heterocycles. The first-order chi connectivity index (χ1) is 14.7. The minimum Gasteiger partial charge on any atom is -0.395 e. The number of hydrogen-bond acceptors (Lipinski definition) is 12. The lowest BCUT2D eigenvalue weighted by molar-refractivity contribution is 0.311. The van der Waals surface area contributed by atoms with E-state index in [4.69, 9.17) is 10.2 Å². The summed E-state index contributed by atoms with van der Waals surface area (Å²) in [6.45, 7) is 1.90. The fourth-order valence-corrected chi connectivity index (χ4v) is 2.45. The van der Waals surface area contributed by atoms with Crippen LogP contribution in [-0.4, -0.2) is 66.2 Å². The third-order valence-corrected chi connectivity index (χ3v) is 3.81. The van der Waals surface area contributed by atoms with Crippen LogP contribution in [0.2, 0.25) is 0 Å². The molecule has 3 aromatic heterocycles. The number of hydrogen-bond donors (Lipinski definition) is 4. The smallest absolute Gasteiger partial charge is 0.287 e. The molecule has 0 bridgehead atoms. The third-order valence-electron chi connectivity index (χ3n) is 3.81. The lowest BCUT2D eigenvalue weighted by atomic mass is 10.1. The Morgan fingerprint density at radius 1 is 1.07 bits per heavy atom. The van der Waals surface area contributed by atoms with Crippen molar-refractivity contribution >= 4 is 23.3 Å². The van der Waals surface area contributed by atoms with Crippen molar-refractivity contribution in [2.24, 2.45) is 10.2 Å². The average molecular weight is 409 g/mol. The second-order valence-corrected chi connectivity index (χ2v) is 5.81. The van der Waals surface area contributed by atoms with Gasteiger partial charge in [0.25, 0.3) is 11.9 Å². The zero-order valence-electron chi connectivity index (χ0n) is 16.1. The maximum Gasteiger partial charge on any atom is 0.287 e. The highest BCUT2D eigenvalue weighted by Crippen LogP contribution is 2.34. The Balaban J connectivity index is 1.95. The van der Waals surface area contributed by atoms with Gasteiger partial charge in [-0.25, -0.2) is 15.0 Å². The van der Waals surface area contributed by atoms with Gasteiger partial charge < -0.3 is 20.8 Å². The molecule has 0 unspecified atom stereocenters. The highest BCUT2D eigenvalue weighted by atomic mass is 16.3. The van der Waals surface area contributed by atoms with Crippen molar-refractivity contribution in [2.45, 2.75) is 6.92 Å². The number of aliphatic hydroxyl groups excluding tert-OH is 2. The molecule has 13 heteroatoms. The van der Waals surface area contributed by atoms with Gasteiger partial charge in [-0.1, -0.05) is 0 Å². The fourth-order valence-electron chi connectivity index (χ4n) is 2.45. The molecule has 0 spiro atoms. The number of rotatable bonds is 9. The topological polar surface area (TPSA) is 182 Å². The first-order valence-electron chi connectivity index (χ1n) is 8.93. The quantitative estimate of drug-likeness (QED) is 0.370. The molecule has 0 saturated carbocycles. The number of azo groups is 1. The largest absolute Gasteiger partial charge is 0.395 e. The second-order valence-electron chi connectivity index (χ2n) is 5.81. The van der Waals surface area contributed by atoms with Crippen LogP contribution in [0, 0.1) is 18.3 Å². The molecule has 0 atom stereocenters. The molecular weight excluding hydrogens is 390 g/mol. The third kappa shape index (κ3) is 4.69. The maximum atomic E-state index is 9.54. The summed E-state index contributed by atoms with van der Waals surface area (Å²) in [6.07, 6.45) is 4.56. The molecule has 3 rings (SSSR count). The van der Waals surface area contributed by atoms with E-state index in [2.05, 4.69) is 52.0 Å². The van der Waals surface area contributed by atoms with Gasteiger partial charge >= 0.3 is 0 Å².